The van der Waals surface area contributed by atoms with Gasteiger partial charge in [-0.2, -0.15) is 5.26 Å². The molecule has 1 saturated heterocycles. The van der Waals surface area contributed by atoms with E-state index in [0.29, 0.717) is 25.4 Å². The average molecular weight is 273 g/mol. The summed E-state index contributed by atoms with van der Waals surface area (Å²) in [6.07, 6.45) is -0.532. The van der Waals surface area contributed by atoms with Crippen molar-refractivity contribution in [3.05, 3.63) is 29.8 Å². The van der Waals surface area contributed by atoms with Crippen molar-refractivity contribution < 1.29 is 9.53 Å². The van der Waals surface area contributed by atoms with Crippen LogP contribution in [-0.4, -0.2) is 36.6 Å². The third-order valence-electron chi connectivity index (χ3n) is 3.66. The lowest BCUT2D eigenvalue weighted by Gasteiger charge is -2.36. The van der Waals surface area contributed by atoms with Gasteiger partial charge in [-0.1, -0.05) is 12.1 Å². The van der Waals surface area contributed by atoms with Crippen LogP contribution in [0.1, 0.15) is 19.4 Å². The van der Waals surface area contributed by atoms with Crippen LogP contribution in [0.3, 0.4) is 0 Å². The highest BCUT2D eigenvalue weighted by Gasteiger charge is 2.36. The minimum Gasteiger partial charge on any atom is -0.399 e. The van der Waals surface area contributed by atoms with Crippen molar-refractivity contribution in [1.29, 1.82) is 5.26 Å². The maximum atomic E-state index is 12.7. The number of benzene rings is 1. The molecule has 2 rings (SSSR count). The highest BCUT2D eigenvalue weighted by Crippen LogP contribution is 2.27. The summed E-state index contributed by atoms with van der Waals surface area (Å²) in [5, 5.41) is 8.91. The lowest BCUT2D eigenvalue weighted by atomic mass is 9.83. The number of ether oxygens (including phenoxy) is 1. The molecular formula is C15H19N3O2. The molecular weight excluding hydrogens is 254 g/mol. The van der Waals surface area contributed by atoms with Crippen molar-refractivity contribution in [3.8, 4) is 6.07 Å². The summed E-state index contributed by atoms with van der Waals surface area (Å²) in [6.45, 7) is 5.03. The van der Waals surface area contributed by atoms with Crippen molar-refractivity contribution in [1.82, 2.24) is 4.90 Å². The van der Waals surface area contributed by atoms with Gasteiger partial charge in [-0.05, 0) is 31.5 Å². The fraction of sp³-hybridized carbons (Fsp3) is 0.467. The molecule has 1 unspecified atom stereocenters. The molecule has 1 aliphatic heterocycles. The number of nitrogens with two attached hydrogens (primary N) is 1. The zero-order valence-electron chi connectivity index (χ0n) is 11.8. The van der Waals surface area contributed by atoms with Gasteiger partial charge in [-0.15, -0.1) is 0 Å². The van der Waals surface area contributed by atoms with Gasteiger partial charge >= 0.3 is 0 Å². The average Bonchev–Trinajstić information content (AvgIpc) is 2.47. The Labute approximate surface area is 118 Å². The van der Waals surface area contributed by atoms with Crippen LogP contribution in [0, 0.1) is 11.3 Å². The maximum Gasteiger partial charge on any atom is 0.232 e. The summed E-state index contributed by atoms with van der Waals surface area (Å²) in [6, 6.07) is 9.38. The number of carbonyl (C=O) groups is 1. The van der Waals surface area contributed by atoms with Gasteiger partial charge in [0.1, 0.15) is 0 Å². The van der Waals surface area contributed by atoms with Gasteiger partial charge in [0.05, 0.1) is 24.6 Å². The Morgan fingerprint density at radius 1 is 1.45 bits per heavy atom. The summed E-state index contributed by atoms with van der Waals surface area (Å²) in [4.78, 5) is 14.4. The van der Waals surface area contributed by atoms with Crippen LogP contribution in [0.25, 0.3) is 0 Å². The Hall–Kier alpha value is -2.06. The van der Waals surface area contributed by atoms with E-state index in [-0.39, 0.29) is 5.91 Å². The molecule has 0 saturated carbocycles. The van der Waals surface area contributed by atoms with E-state index in [1.54, 1.807) is 17.0 Å². The van der Waals surface area contributed by atoms with Crippen molar-refractivity contribution >= 4 is 11.6 Å². The van der Waals surface area contributed by atoms with Crippen molar-refractivity contribution in [2.45, 2.75) is 25.4 Å². The van der Waals surface area contributed by atoms with E-state index >= 15 is 0 Å². The summed E-state index contributed by atoms with van der Waals surface area (Å²) >= 11 is 0. The van der Waals surface area contributed by atoms with E-state index < -0.39 is 11.5 Å². The van der Waals surface area contributed by atoms with Crippen molar-refractivity contribution in [2.24, 2.45) is 0 Å². The lowest BCUT2D eigenvalue weighted by molar-refractivity contribution is -0.142. The van der Waals surface area contributed by atoms with Gasteiger partial charge in [0.2, 0.25) is 5.91 Å². The predicted octanol–water partition coefficient (Wildman–Crippen LogP) is 1.30. The third kappa shape index (κ3) is 2.75. The number of amides is 1. The zero-order valence-corrected chi connectivity index (χ0v) is 11.8. The molecule has 5 heteroatoms. The molecule has 5 nitrogen and oxygen atoms in total. The van der Waals surface area contributed by atoms with Crippen LogP contribution in [0.2, 0.25) is 0 Å². The fourth-order valence-electron chi connectivity index (χ4n) is 2.33. The van der Waals surface area contributed by atoms with Crippen molar-refractivity contribution in [2.75, 3.05) is 25.4 Å². The van der Waals surface area contributed by atoms with Crippen LogP contribution >= 0.6 is 0 Å². The molecule has 20 heavy (non-hydrogen) atoms. The molecule has 2 N–H and O–H groups in total. The summed E-state index contributed by atoms with van der Waals surface area (Å²) in [5.74, 6) is 0.00539. The van der Waals surface area contributed by atoms with E-state index in [4.69, 9.17) is 15.7 Å². The topological polar surface area (TPSA) is 79.3 Å². The van der Waals surface area contributed by atoms with Crippen LogP contribution in [0.4, 0.5) is 5.69 Å². The number of rotatable bonds is 2. The molecule has 0 radical (unpaired) electrons. The molecule has 1 aliphatic rings. The number of nitriles is 1. The number of hydrogen-bond acceptors (Lipinski definition) is 4. The Morgan fingerprint density at radius 2 is 2.10 bits per heavy atom. The summed E-state index contributed by atoms with van der Waals surface area (Å²) < 4.78 is 5.27. The van der Waals surface area contributed by atoms with Gasteiger partial charge in [0.15, 0.2) is 6.10 Å². The lowest BCUT2D eigenvalue weighted by Crippen LogP contribution is -2.51. The molecule has 1 aromatic carbocycles. The van der Waals surface area contributed by atoms with Crippen LogP contribution in [-0.2, 0) is 14.9 Å². The number of morpholine rings is 1. The zero-order chi connectivity index (χ0) is 14.8. The van der Waals surface area contributed by atoms with Crippen LogP contribution in [0.5, 0.6) is 0 Å². The second kappa shape index (κ2) is 5.51. The monoisotopic (exact) mass is 273 g/mol. The SMILES string of the molecule is CC(C)(C(=O)N1CCOC(C#N)C1)c1ccc(N)cc1. The van der Waals surface area contributed by atoms with Gasteiger partial charge in [-0.3, -0.25) is 4.79 Å². The second-order valence-electron chi connectivity index (χ2n) is 5.49. The number of anilines is 1. The maximum absolute atomic E-state index is 12.7. The number of hydrogen-bond donors (Lipinski definition) is 1. The van der Waals surface area contributed by atoms with Gasteiger partial charge in [0, 0.05) is 12.2 Å². The van der Waals surface area contributed by atoms with Crippen LogP contribution in [0.15, 0.2) is 24.3 Å². The molecule has 1 atom stereocenters. The first-order valence-electron chi connectivity index (χ1n) is 6.62. The summed E-state index contributed by atoms with van der Waals surface area (Å²) in [7, 11) is 0. The van der Waals surface area contributed by atoms with Crippen molar-refractivity contribution in [3.63, 3.8) is 0 Å². The highest BCUT2D eigenvalue weighted by atomic mass is 16.5. The first-order valence-corrected chi connectivity index (χ1v) is 6.62. The summed E-state index contributed by atoms with van der Waals surface area (Å²) in [5.41, 5.74) is 6.62. The van der Waals surface area contributed by atoms with E-state index in [1.807, 2.05) is 26.0 Å². The normalized spacial score (nSPS) is 19.4. The van der Waals surface area contributed by atoms with Crippen LogP contribution < -0.4 is 5.73 Å². The first-order chi connectivity index (χ1) is 9.45. The minimum absolute atomic E-state index is 0.00539. The Morgan fingerprint density at radius 3 is 2.70 bits per heavy atom. The molecule has 1 fully saturated rings. The Balaban J connectivity index is 2.18. The van der Waals surface area contributed by atoms with Gasteiger partial charge < -0.3 is 15.4 Å². The molecule has 1 heterocycles. The molecule has 106 valence electrons. The van der Waals surface area contributed by atoms with Gasteiger partial charge in [0.25, 0.3) is 0 Å². The molecule has 1 amide bonds. The molecule has 0 aromatic heterocycles. The van der Waals surface area contributed by atoms with E-state index in [9.17, 15) is 4.79 Å². The minimum atomic E-state index is -0.648. The number of carbonyl (C=O) groups excluding carboxylic acids is 1. The van der Waals surface area contributed by atoms with E-state index in [0.717, 1.165) is 5.56 Å². The predicted molar refractivity (Wildman–Crippen MR) is 75.8 cm³/mol. The number of nitrogen functional groups attached to an aromatic ring is 1. The first kappa shape index (κ1) is 14.4. The molecule has 0 bridgehead atoms. The quantitative estimate of drug-likeness (QED) is 0.824. The molecule has 0 spiro atoms. The highest BCUT2D eigenvalue weighted by molar-refractivity contribution is 5.87. The van der Waals surface area contributed by atoms with E-state index in [1.165, 1.54) is 0 Å². The van der Waals surface area contributed by atoms with E-state index in [2.05, 4.69) is 6.07 Å². The number of nitrogens with zero attached hydrogens (tertiary/aromatic N) is 2. The molecule has 1 aromatic rings. The second-order valence-corrected chi connectivity index (χ2v) is 5.49. The largest absolute Gasteiger partial charge is 0.399 e. The smallest absolute Gasteiger partial charge is 0.232 e. The van der Waals surface area contributed by atoms with Gasteiger partial charge in [-0.25, -0.2) is 0 Å². The fourth-order valence-corrected chi connectivity index (χ4v) is 2.33. The Bertz CT molecular complexity index is 531. The third-order valence-corrected chi connectivity index (χ3v) is 3.66. The molecule has 0 aliphatic carbocycles. The standard InChI is InChI=1S/C15H19N3O2/c1-15(2,11-3-5-12(17)6-4-11)14(19)18-7-8-20-13(9-16)10-18/h3-6,13H,7-8,10,17H2,1-2H3. The Kier molecular flexibility index (Phi) is 3.96.